The zero-order chi connectivity index (χ0) is 23.3. The van der Waals surface area contributed by atoms with E-state index in [4.69, 9.17) is 9.84 Å². The summed E-state index contributed by atoms with van der Waals surface area (Å²) < 4.78 is 30.0. The van der Waals surface area contributed by atoms with Crippen LogP contribution in [0.3, 0.4) is 0 Å². The van der Waals surface area contributed by atoms with Gasteiger partial charge in [0.2, 0.25) is 10.0 Å². The lowest BCUT2D eigenvalue weighted by Gasteiger charge is -2.22. The van der Waals surface area contributed by atoms with Gasteiger partial charge in [-0.2, -0.15) is 0 Å². The molecule has 0 spiro atoms. The number of anilines is 2. The number of thiazole rings is 1. The highest BCUT2D eigenvalue weighted by molar-refractivity contribution is 7.89. The number of carboxylic acids is 1. The van der Waals surface area contributed by atoms with Crippen LogP contribution in [0.25, 0.3) is 0 Å². The lowest BCUT2D eigenvalue weighted by atomic mass is 10.2. The molecule has 11 heteroatoms. The second-order valence-corrected chi connectivity index (χ2v) is 9.78. The molecule has 0 saturated carbocycles. The van der Waals surface area contributed by atoms with Gasteiger partial charge in [-0.05, 0) is 36.8 Å². The standard InChI is InChI=1S/C21H21N3O6S2/c1-14-19(20(27)23-32(2,28)29)22-21(31-14)24(12-15-6-4-3-5-7-15)16-8-10-17(11-9-16)30-13-18(25)26/h3-11H,12-13H2,1-2H3,(H,23,27)(H,25,26). The molecule has 9 nitrogen and oxygen atoms in total. The summed E-state index contributed by atoms with van der Waals surface area (Å²) in [6.07, 6.45) is 0.906. The summed E-state index contributed by atoms with van der Waals surface area (Å²) in [5.74, 6) is -1.46. The fourth-order valence-corrected chi connectivity index (χ4v) is 4.19. The molecule has 3 rings (SSSR count). The molecule has 0 aliphatic rings. The summed E-state index contributed by atoms with van der Waals surface area (Å²) in [7, 11) is -3.72. The molecule has 0 radical (unpaired) electrons. The third-order valence-corrected chi connectivity index (χ3v) is 5.75. The molecule has 2 N–H and O–H groups in total. The minimum atomic E-state index is -3.72. The van der Waals surface area contributed by atoms with Crippen LogP contribution in [0, 0.1) is 6.92 Å². The van der Waals surface area contributed by atoms with E-state index in [0.717, 1.165) is 17.5 Å². The average molecular weight is 476 g/mol. The van der Waals surface area contributed by atoms with Crippen LogP contribution in [0.15, 0.2) is 54.6 Å². The minimum Gasteiger partial charge on any atom is -0.482 e. The van der Waals surface area contributed by atoms with Crippen molar-refractivity contribution >= 4 is 44.1 Å². The number of carbonyl (C=O) groups excluding carboxylic acids is 1. The topological polar surface area (TPSA) is 126 Å². The van der Waals surface area contributed by atoms with Gasteiger partial charge in [-0.25, -0.2) is 22.9 Å². The third-order valence-electron chi connectivity index (χ3n) is 4.20. The number of rotatable bonds is 9. The van der Waals surface area contributed by atoms with E-state index in [1.807, 2.05) is 40.0 Å². The Bertz CT molecular complexity index is 1210. The van der Waals surface area contributed by atoms with Crippen molar-refractivity contribution in [3.63, 3.8) is 0 Å². The fourth-order valence-electron chi connectivity index (χ4n) is 2.83. The van der Waals surface area contributed by atoms with Crippen LogP contribution in [-0.4, -0.2) is 43.2 Å². The SMILES string of the molecule is Cc1sc(N(Cc2ccccc2)c2ccc(OCC(=O)O)cc2)nc1C(=O)NS(C)(=O)=O. The number of amides is 1. The number of carbonyl (C=O) groups is 2. The van der Waals surface area contributed by atoms with Gasteiger partial charge in [-0.1, -0.05) is 30.3 Å². The zero-order valence-electron chi connectivity index (χ0n) is 17.3. The van der Waals surface area contributed by atoms with Crippen molar-refractivity contribution in [2.45, 2.75) is 13.5 Å². The predicted octanol–water partition coefficient (Wildman–Crippen LogP) is 2.94. The molecular weight excluding hydrogens is 454 g/mol. The van der Waals surface area contributed by atoms with E-state index in [1.165, 1.54) is 11.3 Å². The van der Waals surface area contributed by atoms with Crippen LogP contribution < -0.4 is 14.4 Å². The molecule has 32 heavy (non-hydrogen) atoms. The first kappa shape index (κ1) is 23.2. The number of nitrogens with one attached hydrogen (secondary N) is 1. The largest absolute Gasteiger partial charge is 0.482 e. The lowest BCUT2D eigenvalue weighted by molar-refractivity contribution is -0.139. The van der Waals surface area contributed by atoms with Gasteiger partial charge in [-0.15, -0.1) is 11.3 Å². The maximum atomic E-state index is 12.4. The summed E-state index contributed by atoms with van der Waals surface area (Å²) >= 11 is 1.26. The number of hydrogen-bond donors (Lipinski definition) is 2. The highest BCUT2D eigenvalue weighted by atomic mass is 32.2. The monoisotopic (exact) mass is 475 g/mol. The molecule has 0 fully saturated rings. The highest BCUT2D eigenvalue weighted by Crippen LogP contribution is 2.34. The second-order valence-electron chi connectivity index (χ2n) is 6.85. The summed E-state index contributed by atoms with van der Waals surface area (Å²) in [6.45, 7) is 1.69. The Morgan fingerprint density at radius 3 is 2.38 bits per heavy atom. The van der Waals surface area contributed by atoms with Crippen molar-refractivity contribution in [1.82, 2.24) is 9.71 Å². The van der Waals surface area contributed by atoms with E-state index in [9.17, 15) is 18.0 Å². The molecule has 1 amide bonds. The van der Waals surface area contributed by atoms with E-state index < -0.39 is 28.5 Å². The Labute approximate surface area is 189 Å². The van der Waals surface area contributed by atoms with Crippen molar-refractivity contribution < 1.29 is 27.9 Å². The Morgan fingerprint density at radius 2 is 1.78 bits per heavy atom. The van der Waals surface area contributed by atoms with Gasteiger partial charge in [0.25, 0.3) is 5.91 Å². The van der Waals surface area contributed by atoms with Gasteiger partial charge in [0, 0.05) is 10.6 Å². The molecule has 0 saturated heterocycles. The minimum absolute atomic E-state index is 0.0369. The van der Waals surface area contributed by atoms with Crippen molar-refractivity contribution in [3.05, 3.63) is 70.7 Å². The molecule has 0 aliphatic heterocycles. The molecule has 1 aromatic heterocycles. The van der Waals surface area contributed by atoms with Crippen LogP contribution in [0.5, 0.6) is 5.75 Å². The molecule has 3 aromatic rings. The molecule has 2 aromatic carbocycles. The maximum Gasteiger partial charge on any atom is 0.341 e. The predicted molar refractivity (Wildman–Crippen MR) is 121 cm³/mol. The maximum absolute atomic E-state index is 12.4. The summed E-state index contributed by atoms with van der Waals surface area (Å²) in [6, 6.07) is 16.4. The smallest absolute Gasteiger partial charge is 0.341 e. The normalized spacial score (nSPS) is 11.1. The highest BCUT2D eigenvalue weighted by Gasteiger charge is 2.22. The first-order valence-corrected chi connectivity index (χ1v) is 12.1. The number of carboxylic acid groups (broad SMARTS) is 1. The molecule has 0 atom stereocenters. The van der Waals surface area contributed by atoms with Crippen LogP contribution in [0.1, 0.15) is 20.9 Å². The van der Waals surface area contributed by atoms with Gasteiger partial charge >= 0.3 is 5.97 Å². The van der Waals surface area contributed by atoms with Crippen LogP contribution in [0.4, 0.5) is 10.8 Å². The van der Waals surface area contributed by atoms with E-state index in [0.29, 0.717) is 22.3 Å². The van der Waals surface area contributed by atoms with Crippen LogP contribution in [0.2, 0.25) is 0 Å². The van der Waals surface area contributed by atoms with Crippen molar-refractivity contribution in [1.29, 1.82) is 0 Å². The average Bonchev–Trinajstić information content (AvgIpc) is 3.12. The molecule has 168 valence electrons. The summed E-state index contributed by atoms with van der Waals surface area (Å²) in [5, 5.41) is 9.27. The Balaban J connectivity index is 1.94. The number of benzene rings is 2. The molecule has 0 bridgehead atoms. The van der Waals surface area contributed by atoms with Crippen LogP contribution >= 0.6 is 11.3 Å². The summed E-state index contributed by atoms with van der Waals surface area (Å²) in [5.41, 5.74) is 1.77. The van der Waals surface area contributed by atoms with E-state index >= 15 is 0 Å². The first-order valence-electron chi connectivity index (χ1n) is 9.38. The molecule has 1 heterocycles. The Morgan fingerprint density at radius 1 is 1.12 bits per heavy atom. The molecule has 0 unspecified atom stereocenters. The van der Waals surface area contributed by atoms with Gasteiger partial charge < -0.3 is 14.7 Å². The van der Waals surface area contributed by atoms with Crippen molar-refractivity contribution in [2.75, 3.05) is 17.8 Å². The van der Waals surface area contributed by atoms with E-state index in [1.54, 1.807) is 31.2 Å². The number of sulfonamides is 1. The Kier molecular flexibility index (Phi) is 7.11. The zero-order valence-corrected chi connectivity index (χ0v) is 18.9. The number of aromatic nitrogens is 1. The van der Waals surface area contributed by atoms with Gasteiger partial charge in [-0.3, -0.25) is 4.79 Å². The molecule has 0 aliphatic carbocycles. The summed E-state index contributed by atoms with van der Waals surface area (Å²) in [4.78, 5) is 29.9. The molecular formula is C21H21N3O6S2. The van der Waals surface area contributed by atoms with Gasteiger partial charge in [0.1, 0.15) is 11.4 Å². The first-order chi connectivity index (χ1) is 15.1. The van der Waals surface area contributed by atoms with Gasteiger partial charge in [0.05, 0.1) is 12.8 Å². The van der Waals surface area contributed by atoms with Crippen molar-refractivity contribution in [3.8, 4) is 5.75 Å². The van der Waals surface area contributed by atoms with Crippen molar-refractivity contribution in [2.24, 2.45) is 0 Å². The second kappa shape index (κ2) is 9.79. The third kappa shape index (κ3) is 6.28. The quantitative estimate of drug-likeness (QED) is 0.484. The number of aryl methyl sites for hydroxylation is 1. The number of aliphatic carboxylic acids is 1. The van der Waals surface area contributed by atoms with E-state index in [-0.39, 0.29) is 5.69 Å². The lowest BCUT2D eigenvalue weighted by Crippen LogP contribution is -2.30. The van der Waals surface area contributed by atoms with E-state index in [2.05, 4.69) is 4.98 Å². The van der Waals surface area contributed by atoms with Crippen LogP contribution in [-0.2, 0) is 21.4 Å². The number of nitrogens with zero attached hydrogens (tertiary/aromatic N) is 2. The fraction of sp³-hybridized carbons (Fsp3) is 0.190. The Hall–Kier alpha value is -3.44. The number of hydrogen-bond acceptors (Lipinski definition) is 8. The number of ether oxygens (including phenoxy) is 1. The van der Waals surface area contributed by atoms with Gasteiger partial charge in [0.15, 0.2) is 11.7 Å².